The molecule has 3 rings (SSSR count). The number of morpholine rings is 1. The molecule has 1 N–H and O–H groups in total. The average Bonchev–Trinajstić information content (AvgIpc) is 2.62. The highest BCUT2D eigenvalue weighted by Crippen LogP contribution is 2.15. The number of carbonyl (C=O) groups excluding carboxylic acids is 1. The van der Waals surface area contributed by atoms with Crippen LogP contribution in [0.2, 0.25) is 0 Å². The molecule has 1 heterocycles. The van der Waals surface area contributed by atoms with E-state index < -0.39 is 10.0 Å². The van der Waals surface area contributed by atoms with Crippen molar-refractivity contribution in [3.63, 3.8) is 0 Å². The lowest BCUT2D eigenvalue weighted by molar-refractivity contribution is -0.120. The summed E-state index contributed by atoms with van der Waals surface area (Å²) in [5.41, 5.74) is 0.909. The number of nitrogens with zero attached hydrogens (tertiary/aromatic N) is 1. The monoisotopic (exact) mass is 362 g/mol. The van der Waals surface area contributed by atoms with Gasteiger partial charge in [0.25, 0.3) is 0 Å². The highest BCUT2D eigenvalue weighted by molar-refractivity contribution is 7.89. The van der Waals surface area contributed by atoms with Gasteiger partial charge in [-0.15, -0.1) is 0 Å². The molecule has 0 radical (unpaired) electrons. The van der Waals surface area contributed by atoms with Crippen molar-refractivity contribution in [2.45, 2.75) is 6.42 Å². The van der Waals surface area contributed by atoms with Crippen molar-refractivity contribution in [3.05, 3.63) is 48.0 Å². The Labute approximate surface area is 147 Å². The van der Waals surface area contributed by atoms with Crippen molar-refractivity contribution in [1.82, 2.24) is 9.62 Å². The third-order valence-corrected chi connectivity index (χ3v) is 6.10. The van der Waals surface area contributed by atoms with Gasteiger partial charge in [-0.05, 0) is 16.3 Å². The van der Waals surface area contributed by atoms with Crippen LogP contribution in [0.3, 0.4) is 0 Å². The predicted octanol–water partition coefficient (Wildman–Crippen LogP) is 1.16. The first-order valence-electron chi connectivity index (χ1n) is 8.34. The van der Waals surface area contributed by atoms with Gasteiger partial charge in [0, 0.05) is 19.6 Å². The summed E-state index contributed by atoms with van der Waals surface area (Å²) in [4.78, 5) is 12.1. The fraction of sp³-hybridized carbons (Fsp3) is 0.389. The van der Waals surface area contributed by atoms with Gasteiger partial charge in [0.15, 0.2) is 0 Å². The summed E-state index contributed by atoms with van der Waals surface area (Å²) in [6.07, 6.45) is 0.239. The Hall–Kier alpha value is -1.96. The second-order valence-corrected chi connectivity index (χ2v) is 8.12. The standard InChI is InChI=1S/C18H22N2O4S/c21-18(14-15-5-6-16-3-1-2-4-17(16)13-15)19-7-12-25(22,23)20-8-10-24-11-9-20/h1-6,13H,7-12,14H2,(H,19,21). The molecule has 0 atom stereocenters. The van der Waals surface area contributed by atoms with Crippen LogP contribution in [0.5, 0.6) is 0 Å². The average molecular weight is 362 g/mol. The van der Waals surface area contributed by atoms with E-state index >= 15 is 0 Å². The molecular formula is C18H22N2O4S. The highest BCUT2D eigenvalue weighted by Gasteiger charge is 2.23. The number of fused-ring (bicyclic) bond motifs is 1. The SMILES string of the molecule is O=C(Cc1ccc2ccccc2c1)NCCS(=O)(=O)N1CCOCC1. The van der Waals surface area contributed by atoms with Crippen molar-refractivity contribution in [2.24, 2.45) is 0 Å². The molecule has 6 nitrogen and oxygen atoms in total. The fourth-order valence-electron chi connectivity index (χ4n) is 2.87. The van der Waals surface area contributed by atoms with Crippen molar-refractivity contribution in [1.29, 1.82) is 0 Å². The van der Waals surface area contributed by atoms with Crippen molar-refractivity contribution < 1.29 is 17.9 Å². The molecule has 0 aromatic heterocycles. The topological polar surface area (TPSA) is 75.7 Å². The highest BCUT2D eigenvalue weighted by atomic mass is 32.2. The molecule has 2 aromatic carbocycles. The van der Waals surface area contributed by atoms with E-state index in [9.17, 15) is 13.2 Å². The molecule has 0 spiro atoms. The van der Waals surface area contributed by atoms with Gasteiger partial charge < -0.3 is 10.1 Å². The first kappa shape index (κ1) is 17.8. The summed E-state index contributed by atoms with van der Waals surface area (Å²) in [5.74, 6) is -0.260. The number of nitrogens with one attached hydrogen (secondary N) is 1. The summed E-state index contributed by atoms with van der Waals surface area (Å²) >= 11 is 0. The molecule has 25 heavy (non-hydrogen) atoms. The molecule has 7 heteroatoms. The van der Waals surface area contributed by atoms with Crippen LogP contribution in [0.4, 0.5) is 0 Å². The zero-order chi connectivity index (χ0) is 17.7. The Morgan fingerprint density at radius 1 is 1.08 bits per heavy atom. The van der Waals surface area contributed by atoms with Crippen molar-refractivity contribution >= 4 is 26.7 Å². The molecule has 0 aliphatic carbocycles. The summed E-state index contributed by atoms with van der Waals surface area (Å²) < 4.78 is 31.0. The minimum Gasteiger partial charge on any atom is -0.379 e. The van der Waals surface area contributed by atoms with Gasteiger partial charge in [-0.1, -0.05) is 42.5 Å². The second-order valence-electron chi connectivity index (χ2n) is 6.04. The first-order chi connectivity index (χ1) is 12.0. The lowest BCUT2D eigenvalue weighted by Crippen LogP contribution is -2.43. The van der Waals surface area contributed by atoms with Gasteiger partial charge >= 0.3 is 0 Å². The number of amides is 1. The normalized spacial score (nSPS) is 16.0. The second kappa shape index (κ2) is 7.95. The Morgan fingerprint density at radius 3 is 2.56 bits per heavy atom. The van der Waals surface area contributed by atoms with Crippen molar-refractivity contribution in [2.75, 3.05) is 38.6 Å². The molecule has 1 saturated heterocycles. The Bertz CT molecular complexity index is 845. The maximum Gasteiger partial charge on any atom is 0.224 e. The maximum absolute atomic E-state index is 12.2. The lowest BCUT2D eigenvalue weighted by atomic mass is 10.1. The smallest absolute Gasteiger partial charge is 0.224 e. The zero-order valence-electron chi connectivity index (χ0n) is 14.0. The molecular weight excluding hydrogens is 340 g/mol. The van der Waals surface area contributed by atoms with E-state index in [1.165, 1.54) is 4.31 Å². The Balaban J connectivity index is 1.50. The number of rotatable bonds is 6. The van der Waals surface area contributed by atoms with Gasteiger partial charge in [-0.3, -0.25) is 4.79 Å². The third kappa shape index (κ3) is 4.78. The molecule has 1 fully saturated rings. The number of ether oxygens (including phenoxy) is 1. The largest absolute Gasteiger partial charge is 0.379 e. The Morgan fingerprint density at radius 2 is 1.80 bits per heavy atom. The molecule has 1 amide bonds. The molecule has 1 aliphatic rings. The maximum atomic E-state index is 12.2. The minimum atomic E-state index is -3.34. The predicted molar refractivity (Wildman–Crippen MR) is 96.8 cm³/mol. The van der Waals surface area contributed by atoms with E-state index in [1.807, 2.05) is 42.5 Å². The van der Waals surface area contributed by atoms with Crippen LogP contribution >= 0.6 is 0 Å². The third-order valence-electron chi connectivity index (χ3n) is 4.22. The molecule has 0 unspecified atom stereocenters. The van der Waals surface area contributed by atoms with Crippen LogP contribution in [0.15, 0.2) is 42.5 Å². The van der Waals surface area contributed by atoms with E-state index in [2.05, 4.69) is 5.32 Å². The van der Waals surface area contributed by atoms with Crippen LogP contribution in [-0.2, 0) is 26.0 Å². The van der Waals surface area contributed by atoms with Crippen LogP contribution in [0.1, 0.15) is 5.56 Å². The van der Waals surface area contributed by atoms with Crippen LogP contribution in [0, 0.1) is 0 Å². The number of hydrogen-bond acceptors (Lipinski definition) is 4. The quantitative estimate of drug-likeness (QED) is 0.837. The summed E-state index contributed by atoms with van der Waals surface area (Å²) in [5, 5.41) is 4.91. The molecule has 1 aliphatic heterocycles. The van der Waals surface area contributed by atoms with E-state index in [-0.39, 0.29) is 24.6 Å². The molecule has 0 saturated carbocycles. The van der Waals surface area contributed by atoms with Gasteiger partial charge in [0.2, 0.25) is 15.9 Å². The van der Waals surface area contributed by atoms with Crippen molar-refractivity contribution in [3.8, 4) is 0 Å². The lowest BCUT2D eigenvalue weighted by Gasteiger charge is -2.26. The van der Waals surface area contributed by atoms with E-state index in [0.717, 1.165) is 16.3 Å². The number of benzene rings is 2. The van der Waals surface area contributed by atoms with E-state index in [4.69, 9.17) is 4.74 Å². The Kier molecular flexibility index (Phi) is 5.67. The fourth-order valence-corrected chi connectivity index (χ4v) is 4.19. The molecule has 0 bridgehead atoms. The molecule has 134 valence electrons. The van der Waals surface area contributed by atoms with Crippen LogP contribution < -0.4 is 5.32 Å². The minimum absolute atomic E-state index is 0.0868. The van der Waals surface area contributed by atoms with Crippen LogP contribution in [0.25, 0.3) is 10.8 Å². The summed E-state index contributed by atoms with van der Waals surface area (Å²) in [6.45, 7) is 1.73. The number of hydrogen-bond donors (Lipinski definition) is 1. The first-order valence-corrected chi connectivity index (χ1v) is 9.95. The van der Waals surface area contributed by atoms with Gasteiger partial charge in [-0.2, -0.15) is 4.31 Å². The van der Waals surface area contributed by atoms with E-state index in [0.29, 0.717) is 26.3 Å². The van der Waals surface area contributed by atoms with Gasteiger partial charge in [0.05, 0.1) is 25.4 Å². The summed E-state index contributed by atoms with van der Waals surface area (Å²) in [7, 11) is -3.34. The zero-order valence-corrected chi connectivity index (χ0v) is 14.8. The molecule has 2 aromatic rings. The van der Waals surface area contributed by atoms with Gasteiger partial charge in [-0.25, -0.2) is 8.42 Å². The van der Waals surface area contributed by atoms with Gasteiger partial charge in [0.1, 0.15) is 0 Å². The summed E-state index contributed by atoms with van der Waals surface area (Å²) in [6, 6.07) is 13.9. The number of sulfonamides is 1. The number of carbonyl (C=O) groups is 1. The van der Waals surface area contributed by atoms with E-state index in [1.54, 1.807) is 0 Å². The van der Waals surface area contributed by atoms with Crippen LogP contribution in [-0.4, -0.2) is 57.2 Å².